The van der Waals surface area contributed by atoms with E-state index in [0.29, 0.717) is 0 Å². The first kappa shape index (κ1) is 32.2. The Morgan fingerprint density at radius 2 is 0.750 bits per heavy atom. The van der Waals surface area contributed by atoms with Crippen LogP contribution in [0, 0.1) is 0 Å². The highest BCUT2D eigenvalue weighted by Crippen LogP contribution is 2.63. The highest BCUT2D eigenvalue weighted by molar-refractivity contribution is 6.31. The van der Waals surface area contributed by atoms with E-state index < -0.39 is 5.41 Å². The molecule has 2 aliphatic carbocycles. The van der Waals surface area contributed by atoms with E-state index in [2.05, 4.69) is 206 Å². The molecule has 0 fully saturated rings. The van der Waals surface area contributed by atoms with Crippen LogP contribution in [0.5, 0.6) is 0 Å². The summed E-state index contributed by atoms with van der Waals surface area (Å²) in [4.78, 5) is 0. The lowest BCUT2D eigenvalue weighted by atomic mass is 9.70. The smallest absolute Gasteiger partial charge is 0.136 e. The summed E-state index contributed by atoms with van der Waals surface area (Å²) in [7, 11) is 0. The number of fused-ring (bicyclic) bond motifs is 19. The van der Waals surface area contributed by atoms with E-state index in [1.165, 1.54) is 121 Å². The first-order chi connectivity index (χ1) is 29.8. The molecule has 0 saturated carbocycles. The van der Waals surface area contributed by atoms with E-state index in [-0.39, 0.29) is 0 Å². The maximum Gasteiger partial charge on any atom is 0.136 e. The molecule has 0 saturated heterocycles. The molecule has 0 radical (unpaired) electrons. The van der Waals surface area contributed by atoms with Gasteiger partial charge in [-0.05, 0) is 128 Å². The van der Waals surface area contributed by atoms with Crippen molar-refractivity contribution in [1.82, 2.24) is 0 Å². The van der Waals surface area contributed by atoms with Crippen LogP contribution >= 0.6 is 0 Å². The van der Waals surface area contributed by atoms with Crippen LogP contribution in [-0.2, 0) is 5.41 Å². The van der Waals surface area contributed by atoms with Gasteiger partial charge in [-0.2, -0.15) is 0 Å². The second-order valence-corrected chi connectivity index (χ2v) is 16.6. The SMILES string of the molecule is c1ccc2c(c1)-c1ccccc1C21c2ccccc2-c2ccc(-c3c4ccccc4c(-c4cc5oc6ccc7ccccc7c6c5c5ccccc45)c4ccccc34)cc21. The van der Waals surface area contributed by atoms with Crippen LogP contribution in [0.25, 0.3) is 110 Å². The molecule has 0 N–H and O–H groups in total. The Labute approximate surface area is 346 Å². The van der Waals surface area contributed by atoms with Gasteiger partial charge in [-0.3, -0.25) is 0 Å². The summed E-state index contributed by atoms with van der Waals surface area (Å²) in [5.41, 5.74) is 17.0. The van der Waals surface area contributed by atoms with Gasteiger partial charge in [0, 0.05) is 10.8 Å². The molecule has 60 heavy (non-hydrogen) atoms. The third-order valence-corrected chi connectivity index (χ3v) is 13.9. The van der Waals surface area contributed by atoms with Gasteiger partial charge < -0.3 is 4.42 Å². The largest absolute Gasteiger partial charge is 0.456 e. The molecule has 1 heterocycles. The Kier molecular flexibility index (Phi) is 6.28. The van der Waals surface area contributed by atoms with Gasteiger partial charge in [0.2, 0.25) is 0 Å². The molecule has 1 nitrogen and oxygen atoms in total. The van der Waals surface area contributed by atoms with Crippen molar-refractivity contribution in [3.8, 4) is 44.5 Å². The second kappa shape index (κ2) is 11.7. The molecule has 11 aromatic carbocycles. The summed E-state index contributed by atoms with van der Waals surface area (Å²) in [6.07, 6.45) is 0. The molecule has 0 aliphatic heterocycles. The zero-order chi connectivity index (χ0) is 39.1. The van der Waals surface area contributed by atoms with Gasteiger partial charge in [0.15, 0.2) is 0 Å². The quantitative estimate of drug-likeness (QED) is 0.160. The number of hydrogen-bond donors (Lipinski definition) is 0. The highest BCUT2D eigenvalue weighted by Gasteiger charge is 2.51. The third kappa shape index (κ3) is 3.97. The van der Waals surface area contributed by atoms with Gasteiger partial charge in [0.1, 0.15) is 11.2 Å². The maximum absolute atomic E-state index is 6.81. The topological polar surface area (TPSA) is 13.1 Å². The minimum atomic E-state index is -0.410. The van der Waals surface area contributed by atoms with E-state index in [4.69, 9.17) is 4.42 Å². The normalized spacial score (nSPS) is 13.5. The molecule has 276 valence electrons. The monoisotopic (exact) mass is 758 g/mol. The standard InChI is InChI=1S/C59H34O/c1-2-16-37-35(15-1)30-32-53-57(37)58-43-21-4-3-17-38(43)48(34-54(58)60-53)56-46-24-7-5-22-44(46)55(45-23-6-8-25-47(45)56)36-29-31-42-41-20-11-14-28-51(41)59(52(42)33-36)49-26-12-9-18-39(49)40-19-10-13-27-50(40)59/h1-34H. The predicted molar refractivity (Wildman–Crippen MR) is 251 cm³/mol. The molecule has 0 unspecified atom stereocenters. The first-order valence-electron chi connectivity index (χ1n) is 20.9. The first-order valence-corrected chi connectivity index (χ1v) is 20.9. The summed E-state index contributed by atoms with van der Waals surface area (Å²) in [5.74, 6) is 0. The molecule has 0 atom stereocenters. The summed E-state index contributed by atoms with van der Waals surface area (Å²) in [6, 6.07) is 76.7. The lowest BCUT2D eigenvalue weighted by Gasteiger charge is -2.31. The number of benzene rings is 11. The van der Waals surface area contributed by atoms with Crippen molar-refractivity contribution in [3.63, 3.8) is 0 Å². The van der Waals surface area contributed by atoms with E-state index in [1.54, 1.807) is 0 Å². The Morgan fingerprint density at radius 3 is 1.37 bits per heavy atom. The van der Waals surface area contributed by atoms with Crippen molar-refractivity contribution < 1.29 is 4.42 Å². The van der Waals surface area contributed by atoms with E-state index in [1.807, 2.05) is 0 Å². The van der Waals surface area contributed by atoms with Crippen LogP contribution in [0.1, 0.15) is 22.3 Å². The Morgan fingerprint density at radius 1 is 0.283 bits per heavy atom. The summed E-state index contributed by atoms with van der Waals surface area (Å²) in [6.45, 7) is 0. The number of rotatable bonds is 2. The lowest BCUT2D eigenvalue weighted by molar-refractivity contribution is 0.669. The number of furan rings is 1. The molecule has 2 aliphatic rings. The van der Waals surface area contributed by atoms with Crippen molar-refractivity contribution >= 4 is 65.0 Å². The maximum atomic E-state index is 6.81. The van der Waals surface area contributed by atoms with Gasteiger partial charge in [-0.25, -0.2) is 0 Å². The van der Waals surface area contributed by atoms with Crippen molar-refractivity contribution in [2.24, 2.45) is 0 Å². The lowest BCUT2D eigenvalue weighted by Crippen LogP contribution is -2.25. The van der Waals surface area contributed by atoms with Gasteiger partial charge in [-0.15, -0.1) is 0 Å². The fraction of sp³-hybridized carbons (Fsp3) is 0.0169. The van der Waals surface area contributed by atoms with Crippen LogP contribution in [0.15, 0.2) is 211 Å². The van der Waals surface area contributed by atoms with E-state index in [0.717, 1.165) is 11.2 Å². The van der Waals surface area contributed by atoms with Crippen molar-refractivity contribution in [2.75, 3.05) is 0 Å². The van der Waals surface area contributed by atoms with Crippen molar-refractivity contribution in [3.05, 3.63) is 229 Å². The van der Waals surface area contributed by atoms with Gasteiger partial charge >= 0.3 is 0 Å². The van der Waals surface area contributed by atoms with E-state index >= 15 is 0 Å². The van der Waals surface area contributed by atoms with Crippen LogP contribution in [0.4, 0.5) is 0 Å². The fourth-order valence-electron chi connectivity index (χ4n) is 11.6. The Bertz CT molecular complexity index is 3720. The van der Waals surface area contributed by atoms with Gasteiger partial charge in [-0.1, -0.05) is 188 Å². The molecule has 1 heteroatoms. The number of hydrogen-bond acceptors (Lipinski definition) is 1. The average molecular weight is 759 g/mol. The molecule has 1 aromatic heterocycles. The predicted octanol–water partition coefficient (Wildman–Crippen LogP) is 15.9. The van der Waals surface area contributed by atoms with Crippen molar-refractivity contribution in [2.45, 2.75) is 5.41 Å². The average Bonchev–Trinajstić information content (AvgIpc) is 3.95. The van der Waals surface area contributed by atoms with Crippen molar-refractivity contribution in [1.29, 1.82) is 0 Å². The summed E-state index contributed by atoms with van der Waals surface area (Å²) < 4.78 is 6.81. The second-order valence-electron chi connectivity index (χ2n) is 16.6. The van der Waals surface area contributed by atoms with Crippen LogP contribution in [0.3, 0.4) is 0 Å². The minimum absolute atomic E-state index is 0.410. The fourth-order valence-corrected chi connectivity index (χ4v) is 11.6. The molecular weight excluding hydrogens is 725 g/mol. The minimum Gasteiger partial charge on any atom is -0.456 e. The van der Waals surface area contributed by atoms with E-state index in [9.17, 15) is 0 Å². The molecular formula is C59H34O. The molecule has 14 rings (SSSR count). The summed E-state index contributed by atoms with van der Waals surface area (Å²) >= 11 is 0. The molecule has 12 aromatic rings. The zero-order valence-electron chi connectivity index (χ0n) is 32.5. The molecule has 1 spiro atoms. The van der Waals surface area contributed by atoms with Gasteiger partial charge in [0.25, 0.3) is 0 Å². The van der Waals surface area contributed by atoms with Crippen LogP contribution < -0.4 is 0 Å². The van der Waals surface area contributed by atoms with Gasteiger partial charge in [0.05, 0.1) is 5.41 Å². The summed E-state index contributed by atoms with van der Waals surface area (Å²) in [5, 5.41) is 12.2. The zero-order valence-corrected chi connectivity index (χ0v) is 32.5. The van der Waals surface area contributed by atoms with Crippen LogP contribution in [-0.4, -0.2) is 0 Å². The third-order valence-electron chi connectivity index (χ3n) is 13.9. The Hall–Kier alpha value is -7.74. The van der Waals surface area contributed by atoms with Crippen LogP contribution in [0.2, 0.25) is 0 Å². The molecule has 0 amide bonds. The molecule has 0 bridgehead atoms. The highest BCUT2D eigenvalue weighted by atomic mass is 16.3. The Balaban J connectivity index is 1.07.